The van der Waals surface area contributed by atoms with Crippen molar-refractivity contribution in [3.8, 4) is 0 Å². The Kier molecular flexibility index (Phi) is 2.04. The Bertz CT molecular complexity index is 282. The number of aromatic nitrogens is 2. The predicted octanol–water partition coefficient (Wildman–Crippen LogP) is 1.74. The zero-order chi connectivity index (χ0) is 8.23. The normalized spacial score (nSPS) is 10.0. The van der Waals surface area contributed by atoms with Gasteiger partial charge in [-0.05, 0) is 12.1 Å². The van der Waals surface area contributed by atoms with Crippen LogP contribution in [-0.4, -0.2) is 9.36 Å². The van der Waals surface area contributed by atoms with Crippen molar-refractivity contribution in [3.63, 3.8) is 0 Å². The standard InChI is InChI=1S/C7H7N3OS/c1-2-6(11-3-1)4-8-7-9-5-10-12-7/h1-3,5H,4H2,(H,8,9,10). The molecule has 0 aliphatic carbocycles. The van der Waals surface area contributed by atoms with Crippen molar-refractivity contribution in [3.05, 3.63) is 30.5 Å². The molecule has 0 unspecified atom stereocenters. The summed E-state index contributed by atoms with van der Waals surface area (Å²) in [5, 5.41) is 3.89. The first-order valence-corrected chi connectivity index (χ1v) is 4.25. The van der Waals surface area contributed by atoms with E-state index >= 15 is 0 Å². The van der Waals surface area contributed by atoms with E-state index in [2.05, 4.69) is 14.7 Å². The monoisotopic (exact) mass is 181 g/mol. The summed E-state index contributed by atoms with van der Waals surface area (Å²) in [5.74, 6) is 0.894. The van der Waals surface area contributed by atoms with Gasteiger partial charge in [-0.15, -0.1) is 0 Å². The van der Waals surface area contributed by atoms with Gasteiger partial charge in [-0.1, -0.05) is 0 Å². The topological polar surface area (TPSA) is 51.0 Å². The van der Waals surface area contributed by atoms with E-state index in [9.17, 15) is 0 Å². The van der Waals surface area contributed by atoms with Crippen LogP contribution in [0.5, 0.6) is 0 Å². The van der Waals surface area contributed by atoms with E-state index in [-0.39, 0.29) is 0 Å². The highest BCUT2D eigenvalue weighted by atomic mass is 32.1. The fraction of sp³-hybridized carbons (Fsp3) is 0.143. The number of hydrogen-bond acceptors (Lipinski definition) is 5. The molecule has 0 atom stereocenters. The van der Waals surface area contributed by atoms with E-state index in [0.717, 1.165) is 10.9 Å². The Morgan fingerprint density at radius 2 is 2.58 bits per heavy atom. The van der Waals surface area contributed by atoms with E-state index in [1.165, 1.54) is 17.9 Å². The van der Waals surface area contributed by atoms with E-state index in [0.29, 0.717) is 6.54 Å². The minimum absolute atomic E-state index is 0.655. The van der Waals surface area contributed by atoms with Gasteiger partial charge in [0, 0.05) is 11.5 Å². The first-order valence-electron chi connectivity index (χ1n) is 3.48. The summed E-state index contributed by atoms with van der Waals surface area (Å²) in [5.41, 5.74) is 0. The van der Waals surface area contributed by atoms with Gasteiger partial charge in [0.25, 0.3) is 0 Å². The number of anilines is 1. The molecule has 0 radical (unpaired) electrons. The lowest BCUT2D eigenvalue weighted by molar-refractivity contribution is 0.518. The quantitative estimate of drug-likeness (QED) is 0.783. The second-order valence-corrected chi connectivity index (χ2v) is 2.96. The Hall–Kier alpha value is -1.36. The molecule has 1 N–H and O–H groups in total. The fourth-order valence-electron chi connectivity index (χ4n) is 0.827. The maximum atomic E-state index is 5.13. The van der Waals surface area contributed by atoms with Crippen molar-refractivity contribution in [1.29, 1.82) is 0 Å². The van der Waals surface area contributed by atoms with Crippen LogP contribution in [0.15, 0.2) is 29.1 Å². The molecule has 2 heterocycles. The van der Waals surface area contributed by atoms with Crippen molar-refractivity contribution in [1.82, 2.24) is 9.36 Å². The lowest BCUT2D eigenvalue weighted by Crippen LogP contribution is -1.96. The minimum atomic E-state index is 0.655. The third-order valence-electron chi connectivity index (χ3n) is 1.36. The lowest BCUT2D eigenvalue weighted by Gasteiger charge is -1.96. The summed E-state index contributed by atoms with van der Waals surface area (Å²) in [7, 11) is 0. The van der Waals surface area contributed by atoms with Crippen molar-refractivity contribution < 1.29 is 4.42 Å². The molecule has 0 saturated carbocycles. The molecule has 0 fully saturated rings. The molecular weight excluding hydrogens is 174 g/mol. The van der Waals surface area contributed by atoms with Gasteiger partial charge in [-0.25, -0.2) is 4.98 Å². The summed E-state index contributed by atoms with van der Waals surface area (Å²) in [6.45, 7) is 0.655. The molecule has 0 aromatic carbocycles. The van der Waals surface area contributed by atoms with Crippen LogP contribution in [0, 0.1) is 0 Å². The van der Waals surface area contributed by atoms with Gasteiger partial charge in [0.15, 0.2) is 0 Å². The first kappa shape index (κ1) is 7.30. The van der Waals surface area contributed by atoms with Crippen LogP contribution in [0.1, 0.15) is 5.76 Å². The maximum Gasteiger partial charge on any atom is 0.202 e. The first-order chi connectivity index (χ1) is 5.95. The number of rotatable bonds is 3. The van der Waals surface area contributed by atoms with Gasteiger partial charge in [0.2, 0.25) is 5.13 Å². The number of furan rings is 1. The Balaban J connectivity index is 1.91. The third kappa shape index (κ3) is 1.62. The molecule has 0 spiro atoms. The van der Waals surface area contributed by atoms with E-state index in [4.69, 9.17) is 4.42 Å². The van der Waals surface area contributed by atoms with Gasteiger partial charge in [0.1, 0.15) is 12.1 Å². The summed E-state index contributed by atoms with van der Waals surface area (Å²) in [4.78, 5) is 3.97. The van der Waals surface area contributed by atoms with Crippen molar-refractivity contribution in [2.75, 3.05) is 5.32 Å². The molecule has 62 valence electrons. The van der Waals surface area contributed by atoms with Crippen LogP contribution in [0.3, 0.4) is 0 Å². The Labute approximate surface area is 73.4 Å². The Morgan fingerprint density at radius 3 is 3.25 bits per heavy atom. The molecule has 2 rings (SSSR count). The van der Waals surface area contributed by atoms with E-state index in [1.807, 2.05) is 12.1 Å². The Morgan fingerprint density at radius 1 is 1.58 bits per heavy atom. The summed E-state index contributed by atoms with van der Waals surface area (Å²) < 4.78 is 8.99. The molecule has 0 aliphatic heterocycles. The number of nitrogens with one attached hydrogen (secondary N) is 1. The van der Waals surface area contributed by atoms with Gasteiger partial charge in [-0.3, -0.25) is 0 Å². The van der Waals surface area contributed by atoms with Crippen molar-refractivity contribution >= 4 is 16.7 Å². The predicted molar refractivity (Wildman–Crippen MR) is 45.9 cm³/mol. The van der Waals surface area contributed by atoms with Gasteiger partial charge < -0.3 is 9.73 Å². The second kappa shape index (κ2) is 3.36. The fourth-order valence-corrected chi connectivity index (χ4v) is 1.25. The minimum Gasteiger partial charge on any atom is -0.467 e. The molecule has 0 aliphatic rings. The molecule has 0 bridgehead atoms. The average Bonchev–Trinajstić information content (AvgIpc) is 2.74. The van der Waals surface area contributed by atoms with Gasteiger partial charge in [0.05, 0.1) is 12.8 Å². The van der Waals surface area contributed by atoms with E-state index < -0.39 is 0 Å². The largest absolute Gasteiger partial charge is 0.467 e. The summed E-state index contributed by atoms with van der Waals surface area (Å²) in [6.07, 6.45) is 3.17. The molecule has 12 heavy (non-hydrogen) atoms. The van der Waals surface area contributed by atoms with Gasteiger partial charge >= 0.3 is 0 Å². The van der Waals surface area contributed by atoms with Crippen molar-refractivity contribution in [2.24, 2.45) is 0 Å². The van der Waals surface area contributed by atoms with Crippen LogP contribution in [0.4, 0.5) is 5.13 Å². The molecule has 2 aromatic rings. The molecule has 0 saturated heterocycles. The van der Waals surface area contributed by atoms with Crippen LogP contribution >= 0.6 is 11.5 Å². The molecular formula is C7H7N3OS. The summed E-state index contributed by atoms with van der Waals surface area (Å²) >= 11 is 1.33. The zero-order valence-electron chi connectivity index (χ0n) is 6.23. The molecule has 4 nitrogen and oxygen atoms in total. The highest BCUT2D eigenvalue weighted by Crippen LogP contribution is 2.09. The zero-order valence-corrected chi connectivity index (χ0v) is 7.04. The molecule has 2 aromatic heterocycles. The number of nitrogens with zero attached hydrogens (tertiary/aromatic N) is 2. The third-order valence-corrected chi connectivity index (χ3v) is 1.98. The maximum absolute atomic E-state index is 5.13. The van der Waals surface area contributed by atoms with Crippen LogP contribution < -0.4 is 5.32 Å². The molecule has 5 heteroatoms. The number of hydrogen-bond donors (Lipinski definition) is 1. The van der Waals surface area contributed by atoms with Gasteiger partial charge in [-0.2, -0.15) is 4.37 Å². The van der Waals surface area contributed by atoms with Crippen LogP contribution in [0.2, 0.25) is 0 Å². The van der Waals surface area contributed by atoms with Crippen molar-refractivity contribution in [2.45, 2.75) is 6.54 Å². The van der Waals surface area contributed by atoms with Crippen LogP contribution in [0.25, 0.3) is 0 Å². The highest BCUT2D eigenvalue weighted by Gasteiger charge is 1.97. The lowest BCUT2D eigenvalue weighted by atomic mass is 10.4. The van der Waals surface area contributed by atoms with E-state index in [1.54, 1.807) is 6.26 Å². The molecule has 0 amide bonds. The highest BCUT2D eigenvalue weighted by molar-refractivity contribution is 7.09. The SMILES string of the molecule is c1coc(CNc2ncns2)c1. The average molecular weight is 181 g/mol. The smallest absolute Gasteiger partial charge is 0.202 e. The second-order valence-electron chi connectivity index (χ2n) is 2.18. The van der Waals surface area contributed by atoms with Crippen LogP contribution in [-0.2, 0) is 6.54 Å². The summed E-state index contributed by atoms with van der Waals surface area (Å²) in [6, 6.07) is 3.77.